The van der Waals surface area contributed by atoms with Gasteiger partial charge in [0.05, 0.1) is 12.2 Å². The third kappa shape index (κ3) is 2.27. The van der Waals surface area contributed by atoms with Crippen molar-refractivity contribution in [2.45, 2.75) is 19.9 Å². The fourth-order valence-corrected chi connectivity index (χ4v) is 2.63. The maximum absolute atomic E-state index is 12.1. The van der Waals surface area contributed by atoms with Gasteiger partial charge in [0.2, 0.25) is 11.8 Å². The molecule has 1 saturated heterocycles. The fourth-order valence-electron chi connectivity index (χ4n) is 2.16. The van der Waals surface area contributed by atoms with Crippen LogP contribution in [0.1, 0.15) is 13.8 Å². The molecular formula is C13H15BrN2O2. The van der Waals surface area contributed by atoms with Crippen molar-refractivity contribution < 1.29 is 9.59 Å². The van der Waals surface area contributed by atoms with Gasteiger partial charge in [0, 0.05) is 4.47 Å². The smallest absolute Gasteiger partial charge is 0.247 e. The van der Waals surface area contributed by atoms with Crippen LogP contribution < -0.4 is 10.2 Å². The number of halogens is 1. The summed E-state index contributed by atoms with van der Waals surface area (Å²) in [6.07, 6.45) is 0. The van der Waals surface area contributed by atoms with Gasteiger partial charge in [-0.15, -0.1) is 0 Å². The molecule has 1 unspecified atom stereocenters. The van der Waals surface area contributed by atoms with Crippen molar-refractivity contribution in [3.8, 4) is 0 Å². The van der Waals surface area contributed by atoms with Crippen molar-refractivity contribution in [2.75, 3.05) is 11.4 Å². The van der Waals surface area contributed by atoms with Crippen LogP contribution in [-0.4, -0.2) is 24.4 Å². The van der Waals surface area contributed by atoms with E-state index in [-0.39, 0.29) is 24.3 Å². The Bertz CT molecular complexity index is 488. The molecule has 0 aromatic heterocycles. The Hall–Kier alpha value is -1.36. The largest absolute Gasteiger partial charge is 0.345 e. The Labute approximate surface area is 114 Å². The van der Waals surface area contributed by atoms with E-state index < -0.39 is 6.04 Å². The Balaban J connectivity index is 2.47. The van der Waals surface area contributed by atoms with Crippen molar-refractivity contribution in [3.63, 3.8) is 0 Å². The summed E-state index contributed by atoms with van der Waals surface area (Å²) in [6, 6.07) is 7.00. The average Bonchev–Trinajstić information content (AvgIpc) is 2.32. The first kappa shape index (κ1) is 13.1. The summed E-state index contributed by atoms with van der Waals surface area (Å²) in [5.74, 6) is -0.123. The van der Waals surface area contributed by atoms with Gasteiger partial charge in [-0.2, -0.15) is 0 Å². The van der Waals surface area contributed by atoms with Gasteiger partial charge in [0.15, 0.2) is 0 Å². The molecule has 2 amide bonds. The first-order valence-corrected chi connectivity index (χ1v) is 6.66. The topological polar surface area (TPSA) is 49.4 Å². The van der Waals surface area contributed by atoms with E-state index in [2.05, 4.69) is 21.2 Å². The second-order valence-corrected chi connectivity index (χ2v) is 5.48. The molecule has 0 bridgehead atoms. The summed E-state index contributed by atoms with van der Waals surface area (Å²) in [5.41, 5.74) is 0.746. The van der Waals surface area contributed by atoms with Crippen molar-refractivity contribution in [1.29, 1.82) is 0 Å². The Morgan fingerprint density at radius 3 is 2.61 bits per heavy atom. The maximum atomic E-state index is 12.1. The SMILES string of the molecule is CC(C)C1C(=O)NCC(=O)N1c1ccccc1Br. The number of para-hydroxylation sites is 1. The molecule has 1 fully saturated rings. The molecule has 1 N–H and O–H groups in total. The number of nitrogens with one attached hydrogen (secondary N) is 1. The summed E-state index contributed by atoms with van der Waals surface area (Å²) < 4.78 is 0.818. The van der Waals surface area contributed by atoms with Gasteiger partial charge >= 0.3 is 0 Å². The standard InChI is InChI=1S/C13H15BrN2O2/c1-8(2)12-13(18)15-7-11(17)16(12)10-6-4-3-5-9(10)14/h3-6,8,12H,7H2,1-2H3,(H,15,18). The van der Waals surface area contributed by atoms with Gasteiger partial charge in [0.25, 0.3) is 0 Å². The summed E-state index contributed by atoms with van der Waals surface area (Å²) in [7, 11) is 0. The molecular weight excluding hydrogens is 296 g/mol. The number of carbonyl (C=O) groups is 2. The normalized spacial score (nSPS) is 20.2. The van der Waals surface area contributed by atoms with Crippen LogP contribution in [0.5, 0.6) is 0 Å². The fraction of sp³-hybridized carbons (Fsp3) is 0.385. The van der Waals surface area contributed by atoms with E-state index in [4.69, 9.17) is 0 Å². The summed E-state index contributed by atoms with van der Waals surface area (Å²) in [5, 5.41) is 2.64. The van der Waals surface area contributed by atoms with Crippen molar-refractivity contribution >= 4 is 33.4 Å². The minimum atomic E-state index is -0.454. The van der Waals surface area contributed by atoms with E-state index in [1.807, 2.05) is 38.1 Å². The van der Waals surface area contributed by atoms with Crippen molar-refractivity contribution in [3.05, 3.63) is 28.7 Å². The van der Waals surface area contributed by atoms with Crippen LogP contribution in [0.2, 0.25) is 0 Å². The van der Waals surface area contributed by atoms with Gasteiger partial charge in [0.1, 0.15) is 6.04 Å². The summed E-state index contributed by atoms with van der Waals surface area (Å²) >= 11 is 3.43. The maximum Gasteiger partial charge on any atom is 0.247 e. The molecule has 1 atom stereocenters. The van der Waals surface area contributed by atoms with Crippen LogP contribution in [0.15, 0.2) is 28.7 Å². The quantitative estimate of drug-likeness (QED) is 0.907. The van der Waals surface area contributed by atoms with Gasteiger partial charge in [-0.3, -0.25) is 14.5 Å². The van der Waals surface area contributed by atoms with Crippen LogP contribution in [0.4, 0.5) is 5.69 Å². The molecule has 0 aliphatic carbocycles. The monoisotopic (exact) mass is 310 g/mol. The molecule has 0 spiro atoms. The number of carbonyl (C=O) groups excluding carboxylic acids is 2. The first-order valence-electron chi connectivity index (χ1n) is 5.86. The Kier molecular flexibility index (Phi) is 3.71. The number of benzene rings is 1. The average molecular weight is 311 g/mol. The van der Waals surface area contributed by atoms with Crippen molar-refractivity contribution in [1.82, 2.24) is 5.32 Å². The molecule has 1 aliphatic heterocycles. The van der Waals surface area contributed by atoms with E-state index in [1.54, 1.807) is 4.90 Å². The highest BCUT2D eigenvalue weighted by atomic mass is 79.9. The van der Waals surface area contributed by atoms with Crippen LogP contribution >= 0.6 is 15.9 Å². The molecule has 18 heavy (non-hydrogen) atoms. The second-order valence-electron chi connectivity index (χ2n) is 4.62. The molecule has 4 nitrogen and oxygen atoms in total. The molecule has 0 saturated carbocycles. The lowest BCUT2D eigenvalue weighted by Gasteiger charge is -2.37. The Morgan fingerprint density at radius 2 is 2.00 bits per heavy atom. The lowest BCUT2D eigenvalue weighted by atomic mass is 9.98. The minimum absolute atomic E-state index is 0.0568. The lowest BCUT2D eigenvalue weighted by Crippen LogP contribution is -2.60. The van der Waals surface area contributed by atoms with Crippen molar-refractivity contribution in [2.24, 2.45) is 5.92 Å². The second kappa shape index (κ2) is 5.10. The molecule has 1 aliphatic rings. The number of piperazine rings is 1. The van der Waals surface area contributed by atoms with Crippen LogP contribution in [0.3, 0.4) is 0 Å². The highest BCUT2D eigenvalue weighted by Gasteiger charge is 2.38. The van der Waals surface area contributed by atoms with Gasteiger partial charge in [-0.25, -0.2) is 0 Å². The predicted octanol–water partition coefficient (Wildman–Crippen LogP) is 1.94. The lowest BCUT2D eigenvalue weighted by molar-refractivity contribution is -0.131. The summed E-state index contributed by atoms with van der Waals surface area (Å²) in [4.78, 5) is 25.6. The van der Waals surface area contributed by atoms with Crippen LogP contribution in [0, 0.1) is 5.92 Å². The Morgan fingerprint density at radius 1 is 1.33 bits per heavy atom. The molecule has 1 aromatic carbocycles. The van der Waals surface area contributed by atoms with E-state index in [9.17, 15) is 9.59 Å². The zero-order valence-corrected chi connectivity index (χ0v) is 11.9. The number of anilines is 1. The highest BCUT2D eigenvalue weighted by molar-refractivity contribution is 9.10. The van der Waals surface area contributed by atoms with E-state index >= 15 is 0 Å². The zero-order chi connectivity index (χ0) is 13.3. The third-order valence-corrected chi connectivity index (χ3v) is 3.64. The van der Waals surface area contributed by atoms with E-state index in [0.717, 1.165) is 10.2 Å². The van der Waals surface area contributed by atoms with Crippen LogP contribution in [0.25, 0.3) is 0 Å². The number of hydrogen-bond acceptors (Lipinski definition) is 2. The highest BCUT2D eigenvalue weighted by Crippen LogP contribution is 2.30. The third-order valence-electron chi connectivity index (χ3n) is 2.97. The van der Waals surface area contributed by atoms with Gasteiger partial charge < -0.3 is 5.32 Å². The molecule has 96 valence electrons. The molecule has 5 heteroatoms. The number of nitrogens with zero attached hydrogens (tertiary/aromatic N) is 1. The van der Waals surface area contributed by atoms with Gasteiger partial charge in [-0.1, -0.05) is 26.0 Å². The molecule has 2 rings (SSSR count). The minimum Gasteiger partial charge on any atom is -0.345 e. The van der Waals surface area contributed by atoms with Gasteiger partial charge in [-0.05, 0) is 34.0 Å². The predicted molar refractivity (Wildman–Crippen MR) is 73.3 cm³/mol. The van der Waals surface area contributed by atoms with E-state index in [0.29, 0.717) is 0 Å². The first-order chi connectivity index (χ1) is 8.52. The molecule has 0 radical (unpaired) electrons. The zero-order valence-electron chi connectivity index (χ0n) is 10.3. The number of amides is 2. The molecule has 1 heterocycles. The summed E-state index contributed by atoms with van der Waals surface area (Å²) in [6.45, 7) is 3.93. The number of rotatable bonds is 2. The number of hydrogen-bond donors (Lipinski definition) is 1. The molecule has 1 aromatic rings. The van der Waals surface area contributed by atoms with E-state index in [1.165, 1.54) is 0 Å². The van der Waals surface area contributed by atoms with Crippen LogP contribution in [-0.2, 0) is 9.59 Å².